The number of H-pyrrole nitrogens is 2. The summed E-state index contributed by atoms with van der Waals surface area (Å²) in [5.74, 6) is -2.25. The van der Waals surface area contributed by atoms with Crippen LogP contribution < -0.4 is 11.2 Å². The summed E-state index contributed by atoms with van der Waals surface area (Å²) in [5.41, 5.74) is -1.84. The van der Waals surface area contributed by atoms with Gasteiger partial charge in [0.15, 0.2) is 4.90 Å². The van der Waals surface area contributed by atoms with Gasteiger partial charge in [-0.1, -0.05) is 6.92 Å². The first-order valence-corrected chi connectivity index (χ1v) is 7.22. The summed E-state index contributed by atoms with van der Waals surface area (Å²) in [5, 5.41) is 8.99. The number of aliphatic carboxylic acids is 1. The summed E-state index contributed by atoms with van der Waals surface area (Å²) >= 11 is 0. The monoisotopic (exact) mass is 303 g/mol. The summed E-state index contributed by atoms with van der Waals surface area (Å²) < 4.78 is 25.5. The number of carboxylic acids is 1. The number of hydrogen-bond acceptors (Lipinski definition) is 5. The van der Waals surface area contributed by atoms with Crippen LogP contribution in [0.4, 0.5) is 0 Å². The van der Waals surface area contributed by atoms with E-state index >= 15 is 0 Å². The fourth-order valence-corrected chi connectivity index (χ4v) is 3.73. The molecular formula is C10H13N3O6S. The highest BCUT2D eigenvalue weighted by Gasteiger charge is 2.41. The van der Waals surface area contributed by atoms with Gasteiger partial charge in [-0.15, -0.1) is 0 Å². The molecule has 110 valence electrons. The number of aromatic nitrogens is 2. The fraction of sp³-hybridized carbons (Fsp3) is 0.500. The Balaban J connectivity index is 2.40. The Morgan fingerprint density at radius 1 is 1.40 bits per heavy atom. The molecule has 0 aromatic carbocycles. The van der Waals surface area contributed by atoms with Crippen LogP contribution in [0.3, 0.4) is 0 Å². The Hall–Kier alpha value is -1.94. The first kappa shape index (κ1) is 14.5. The van der Waals surface area contributed by atoms with E-state index in [1.165, 1.54) is 0 Å². The lowest BCUT2D eigenvalue weighted by atomic mass is 9.99. The van der Waals surface area contributed by atoms with Crippen LogP contribution in [0.25, 0.3) is 0 Å². The summed E-state index contributed by atoms with van der Waals surface area (Å²) in [4.78, 5) is 36.7. The van der Waals surface area contributed by atoms with Crippen molar-refractivity contribution in [3.8, 4) is 0 Å². The van der Waals surface area contributed by atoms with E-state index in [1.54, 1.807) is 6.92 Å². The maximum absolute atomic E-state index is 12.3. The summed E-state index contributed by atoms with van der Waals surface area (Å²) in [6.45, 7) is 1.45. The van der Waals surface area contributed by atoms with Crippen molar-refractivity contribution in [2.75, 3.05) is 13.1 Å². The van der Waals surface area contributed by atoms with Crippen LogP contribution in [0.2, 0.25) is 0 Å². The Kier molecular flexibility index (Phi) is 3.52. The number of nitrogens with one attached hydrogen (secondary N) is 2. The number of carbonyl (C=O) groups is 1. The molecule has 0 spiro atoms. The van der Waals surface area contributed by atoms with Crippen molar-refractivity contribution >= 4 is 16.0 Å². The fourth-order valence-electron chi connectivity index (χ4n) is 2.17. The predicted octanol–water partition coefficient (Wildman–Crippen LogP) is -1.60. The number of carboxylic acid groups (broad SMARTS) is 1. The molecule has 10 heteroatoms. The summed E-state index contributed by atoms with van der Waals surface area (Å²) in [7, 11) is -4.13. The Labute approximate surface area is 113 Å². The van der Waals surface area contributed by atoms with Crippen molar-refractivity contribution in [2.24, 2.45) is 11.8 Å². The molecule has 1 aromatic rings. The highest BCUT2D eigenvalue weighted by atomic mass is 32.2. The van der Waals surface area contributed by atoms with Crippen molar-refractivity contribution < 1.29 is 18.3 Å². The zero-order valence-electron chi connectivity index (χ0n) is 10.5. The average molecular weight is 303 g/mol. The molecule has 0 aliphatic carbocycles. The molecule has 0 saturated carbocycles. The Bertz CT molecular complexity index is 749. The van der Waals surface area contributed by atoms with Crippen molar-refractivity contribution in [3.05, 3.63) is 27.0 Å². The molecule has 2 rings (SSSR count). The number of sulfonamides is 1. The predicted molar refractivity (Wildman–Crippen MR) is 66.7 cm³/mol. The van der Waals surface area contributed by atoms with E-state index in [2.05, 4.69) is 4.98 Å². The molecule has 2 heterocycles. The third kappa shape index (κ3) is 2.39. The zero-order chi connectivity index (χ0) is 15.1. The highest BCUT2D eigenvalue weighted by Crippen LogP contribution is 2.27. The normalized spacial score (nSPS) is 23.9. The Morgan fingerprint density at radius 3 is 2.55 bits per heavy atom. The van der Waals surface area contributed by atoms with Crippen LogP contribution in [0.5, 0.6) is 0 Å². The van der Waals surface area contributed by atoms with Crippen molar-refractivity contribution in [1.82, 2.24) is 14.3 Å². The second kappa shape index (κ2) is 4.87. The number of rotatable bonds is 3. The van der Waals surface area contributed by atoms with Gasteiger partial charge >= 0.3 is 11.7 Å². The van der Waals surface area contributed by atoms with Crippen molar-refractivity contribution in [2.45, 2.75) is 11.8 Å². The molecule has 0 radical (unpaired) electrons. The molecule has 9 nitrogen and oxygen atoms in total. The molecule has 1 aliphatic rings. The van der Waals surface area contributed by atoms with Gasteiger partial charge < -0.3 is 10.1 Å². The standard InChI is InChI=1S/C10H13N3O6S/c1-5-3-13(4-6(5)9(15)16)20(18,19)7-2-11-10(17)12-8(7)14/h2,5-6H,3-4H2,1H3,(H,15,16)(H2,11,12,14,17). The molecule has 20 heavy (non-hydrogen) atoms. The first-order chi connectivity index (χ1) is 9.23. The highest BCUT2D eigenvalue weighted by molar-refractivity contribution is 7.89. The van der Waals surface area contributed by atoms with Crippen molar-refractivity contribution in [3.63, 3.8) is 0 Å². The van der Waals surface area contributed by atoms with Crippen LogP contribution >= 0.6 is 0 Å². The van der Waals surface area contributed by atoms with Crippen LogP contribution in [0.1, 0.15) is 6.92 Å². The van der Waals surface area contributed by atoms with Crippen LogP contribution in [-0.2, 0) is 14.8 Å². The molecule has 1 saturated heterocycles. The quantitative estimate of drug-likeness (QED) is 0.614. The molecule has 2 atom stereocenters. The van der Waals surface area contributed by atoms with Crippen molar-refractivity contribution in [1.29, 1.82) is 0 Å². The molecule has 0 amide bonds. The lowest BCUT2D eigenvalue weighted by molar-refractivity contribution is -0.142. The van der Waals surface area contributed by atoms with E-state index in [0.717, 1.165) is 10.5 Å². The first-order valence-electron chi connectivity index (χ1n) is 5.78. The molecule has 2 unspecified atom stereocenters. The smallest absolute Gasteiger partial charge is 0.325 e. The minimum absolute atomic E-state index is 0.0118. The molecule has 1 aliphatic heterocycles. The Morgan fingerprint density at radius 2 is 2.05 bits per heavy atom. The summed E-state index contributed by atoms with van der Waals surface area (Å²) in [6.07, 6.45) is 0.815. The van der Waals surface area contributed by atoms with Gasteiger partial charge in [0.25, 0.3) is 5.56 Å². The van der Waals surface area contributed by atoms with Crippen LogP contribution in [-0.4, -0.2) is 46.9 Å². The second-order valence-electron chi connectivity index (χ2n) is 4.68. The minimum atomic E-state index is -4.13. The van der Waals surface area contributed by atoms with E-state index in [0.29, 0.717) is 0 Å². The topological polar surface area (TPSA) is 140 Å². The van der Waals surface area contributed by atoms with E-state index in [9.17, 15) is 22.8 Å². The lowest BCUT2D eigenvalue weighted by Gasteiger charge is -2.14. The van der Waals surface area contributed by atoms with Gasteiger partial charge in [0.1, 0.15) is 0 Å². The SMILES string of the molecule is CC1CN(S(=O)(=O)c2c[nH]c(=O)[nH]c2=O)CC1C(=O)O. The van der Waals surface area contributed by atoms with Crippen LogP contribution in [0, 0.1) is 11.8 Å². The van der Waals surface area contributed by atoms with Gasteiger partial charge in [-0.25, -0.2) is 13.2 Å². The molecule has 0 bridgehead atoms. The maximum atomic E-state index is 12.3. The molecule has 1 fully saturated rings. The van der Waals surface area contributed by atoms with Gasteiger partial charge in [0.2, 0.25) is 10.0 Å². The average Bonchev–Trinajstić information content (AvgIpc) is 2.71. The van der Waals surface area contributed by atoms with E-state index in [4.69, 9.17) is 5.11 Å². The van der Waals surface area contributed by atoms with Crippen LogP contribution in [0.15, 0.2) is 20.7 Å². The molecule has 3 N–H and O–H groups in total. The van der Waals surface area contributed by atoms with Gasteiger partial charge in [-0.05, 0) is 5.92 Å². The van der Waals surface area contributed by atoms with Gasteiger partial charge in [0.05, 0.1) is 5.92 Å². The van der Waals surface area contributed by atoms with Gasteiger partial charge in [-0.3, -0.25) is 14.6 Å². The number of hydrogen-bond donors (Lipinski definition) is 3. The minimum Gasteiger partial charge on any atom is -0.481 e. The second-order valence-corrected chi connectivity index (χ2v) is 6.59. The zero-order valence-corrected chi connectivity index (χ0v) is 11.3. The number of nitrogens with zero attached hydrogens (tertiary/aromatic N) is 1. The molecular weight excluding hydrogens is 290 g/mol. The third-order valence-corrected chi connectivity index (χ3v) is 5.14. The van der Waals surface area contributed by atoms with E-state index in [-0.39, 0.29) is 19.0 Å². The van der Waals surface area contributed by atoms with E-state index < -0.39 is 38.1 Å². The maximum Gasteiger partial charge on any atom is 0.325 e. The largest absolute Gasteiger partial charge is 0.481 e. The molecule has 1 aromatic heterocycles. The van der Waals surface area contributed by atoms with Gasteiger partial charge in [-0.2, -0.15) is 4.31 Å². The number of aromatic amines is 2. The third-order valence-electron chi connectivity index (χ3n) is 3.30. The summed E-state index contributed by atoms with van der Waals surface area (Å²) in [6, 6.07) is 0. The van der Waals surface area contributed by atoms with Gasteiger partial charge in [0, 0.05) is 19.3 Å². The van der Waals surface area contributed by atoms with E-state index in [1.807, 2.05) is 4.98 Å². The lowest BCUT2D eigenvalue weighted by Crippen LogP contribution is -2.36.